The summed E-state index contributed by atoms with van der Waals surface area (Å²) in [7, 11) is 0. The SMILES string of the molecule is C=C(C)NCCOC1OC(CO)C(O)C(O)C1NC(C)=O. The molecule has 1 saturated heterocycles. The molecule has 0 aromatic carbocycles. The molecule has 0 aliphatic carbocycles. The molecule has 1 heterocycles. The smallest absolute Gasteiger partial charge is 0.217 e. The van der Waals surface area contributed by atoms with Gasteiger partial charge in [0.15, 0.2) is 6.29 Å². The molecule has 1 aliphatic heterocycles. The van der Waals surface area contributed by atoms with Crippen molar-refractivity contribution in [3.05, 3.63) is 12.3 Å². The Balaban J connectivity index is 2.64. The lowest BCUT2D eigenvalue weighted by atomic mass is 9.97. The van der Waals surface area contributed by atoms with E-state index >= 15 is 0 Å². The van der Waals surface area contributed by atoms with Crippen molar-refractivity contribution in [2.45, 2.75) is 44.5 Å². The molecular weight excluding hydrogens is 280 g/mol. The van der Waals surface area contributed by atoms with E-state index in [1.54, 1.807) is 6.92 Å². The molecule has 0 spiro atoms. The van der Waals surface area contributed by atoms with E-state index in [1.165, 1.54) is 6.92 Å². The molecule has 0 bridgehead atoms. The molecule has 0 aromatic rings. The Morgan fingerprint density at radius 3 is 2.52 bits per heavy atom. The topological polar surface area (TPSA) is 120 Å². The highest BCUT2D eigenvalue weighted by atomic mass is 16.7. The molecule has 0 aromatic heterocycles. The zero-order valence-electron chi connectivity index (χ0n) is 12.3. The van der Waals surface area contributed by atoms with Gasteiger partial charge in [0.2, 0.25) is 5.91 Å². The fourth-order valence-corrected chi connectivity index (χ4v) is 2.05. The maximum absolute atomic E-state index is 11.2. The maximum Gasteiger partial charge on any atom is 0.217 e. The Labute approximate surface area is 123 Å². The van der Waals surface area contributed by atoms with Crippen molar-refractivity contribution in [3.8, 4) is 0 Å². The van der Waals surface area contributed by atoms with E-state index in [9.17, 15) is 15.0 Å². The van der Waals surface area contributed by atoms with Crippen LogP contribution in [0.15, 0.2) is 12.3 Å². The normalized spacial score (nSPS) is 32.5. The molecule has 0 radical (unpaired) electrons. The lowest BCUT2D eigenvalue weighted by Crippen LogP contribution is -2.64. The summed E-state index contributed by atoms with van der Waals surface area (Å²) >= 11 is 0. The van der Waals surface area contributed by atoms with Gasteiger partial charge in [-0.15, -0.1) is 0 Å². The Hall–Kier alpha value is -1.19. The molecule has 21 heavy (non-hydrogen) atoms. The van der Waals surface area contributed by atoms with Gasteiger partial charge in [-0.1, -0.05) is 6.58 Å². The van der Waals surface area contributed by atoms with Gasteiger partial charge >= 0.3 is 0 Å². The second kappa shape index (κ2) is 8.30. The highest BCUT2D eigenvalue weighted by Crippen LogP contribution is 2.22. The molecule has 8 heteroatoms. The first kappa shape index (κ1) is 17.9. The number of aliphatic hydroxyl groups excluding tert-OH is 3. The number of carbonyl (C=O) groups is 1. The maximum atomic E-state index is 11.2. The fourth-order valence-electron chi connectivity index (χ4n) is 2.05. The molecule has 5 unspecified atom stereocenters. The Morgan fingerprint density at radius 1 is 1.33 bits per heavy atom. The quantitative estimate of drug-likeness (QED) is 0.347. The number of aliphatic hydroxyl groups is 3. The van der Waals surface area contributed by atoms with E-state index in [4.69, 9.17) is 14.6 Å². The minimum absolute atomic E-state index is 0.245. The molecule has 1 aliphatic rings. The standard InChI is InChI=1S/C13H24N2O6/c1-7(2)14-4-5-20-13-10(15-8(3)17)12(19)11(18)9(6-16)21-13/h9-14,16,18-19H,1,4-6H2,2-3H3,(H,15,17). The molecule has 5 N–H and O–H groups in total. The van der Waals surface area contributed by atoms with Crippen LogP contribution in [-0.4, -0.2) is 71.6 Å². The summed E-state index contributed by atoms with van der Waals surface area (Å²) in [5.41, 5.74) is 0.783. The third-order valence-corrected chi connectivity index (χ3v) is 3.06. The summed E-state index contributed by atoms with van der Waals surface area (Å²) in [6.07, 6.45) is -4.53. The molecule has 1 rings (SSSR count). The van der Waals surface area contributed by atoms with Crippen molar-refractivity contribution in [2.75, 3.05) is 19.8 Å². The van der Waals surface area contributed by atoms with Crippen molar-refractivity contribution in [1.29, 1.82) is 0 Å². The van der Waals surface area contributed by atoms with Gasteiger partial charge in [0.1, 0.15) is 24.4 Å². The molecular formula is C13H24N2O6. The Kier molecular flexibility index (Phi) is 7.06. The van der Waals surface area contributed by atoms with Crippen LogP contribution in [-0.2, 0) is 14.3 Å². The van der Waals surface area contributed by atoms with Crippen molar-refractivity contribution >= 4 is 5.91 Å². The predicted molar refractivity (Wildman–Crippen MR) is 74.1 cm³/mol. The summed E-state index contributed by atoms with van der Waals surface area (Å²) in [6.45, 7) is 7.03. The van der Waals surface area contributed by atoms with Crippen LogP contribution in [0.5, 0.6) is 0 Å². The first-order valence-electron chi connectivity index (χ1n) is 6.77. The summed E-state index contributed by atoms with van der Waals surface area (Å²) in [4.78, 5) is 11.2. The number of carbonyl (C=O) groups excluding carboxylic acids is 1. The molecule has 0 saturated carbocycles. The average molecular weight is 304 g/mol. The fraction of sp³-hybridized carbons (Fsp3) is 0.769. The Bertz CT molecular complexity index is 365. The molecule has 8 nitrogen and oxygen atoms in total. The van der Waals surface area contributed by atoms with Crippen LogP contribution in [0.1, 0.15) is 13.8 Å². The third kappa shape index (κ3) is 5.25. The van der Waals surface area contributed by atoms with Crippen LogP contribution in [0.2, 0.25) is 0 Å². The van der Waals surface area contributed by atoms with Crippen LogP contribution in [0.4, 0.5) is 0 Å². The first-order valence-corrected chi connectivity index (χ1v) is 6.77. The minimum atomic E-state index is -1.31. The summed E-state index contributed by atoms with van der Waals surface area (Å²) in [6, 6.07) is -0.912. The molecule has 1 fully saturated rings. The van der Waals surface area contributed by atoms with Gasteiger partial charge in [-0.3, -0.25) is 4.79 Å². The van der Waals surface area contributed by atoms with Gasteiger partial charge < -0.3 is 35.4 Å². The van der Waals surface area contributed by atoms with Crippen LogP contribution in [0.25, 0.3) is 0 Å². The van der Waals surface area contributed by atoms with E-state index in [2.05, 4.69) is 17.2 Å². The highest BCUT2D eigenvalue weighted by molar-refractivity contribution is 5.73. The lowest BCUT2D eigenvalue weighted by molar-refractivity contribution is -0.269. The number of hydrogen-bond acceptors (Lipinski definition) is 7. The average Bonchev–Trinajstić information content (AvgIpc) is 2.41. The second-order valence-corrected chi connectivity index (χ2v) is 5.01. The second-order valence-electron chi connectivity index (χ2n) is 5.01. The lowest BCUT2D eigenvalue weighted by Gasteiger charge is -2.42. The van der Waals surface area contributed by atoms with Crippen molar-refractivity contribution in [2.24, 2.45) is 0 Å². The number of rotatable bonds is 7. The molecule has 5 atom stereocenters. The van der Waals surface area contributed by atoms with Gasteiger partial charge in [-0.2, -0.15) is 0 Å². The first-order chi connectivity index (χ1) is 9.86. The van der Waals surface area contributed by atoms with Gasteiger partial charge in [-0.05, 0) is 6.92 Å². The summed E-state index contributed by atoms with van der Waals surface area (Å²) in [5, 5.41) is 34.5. The summed E-state index contributed by atoms with van der Waals surface area (Å²) in [5.74, 6) is -0.383. The van der Waals surface area contributed by atoms with Crippen molar-refractivity contribution < 1.29 is 29.6 Å². The summed E-state index contributed by atoms with van der Waals surface area (Å²) < 4.78 is 10.9. The number of amides is 1. The predicted octanol–water partition coefficient (Wildman–Crippen LogP) is -1.93. The zero-order valence-corrected chi connectivity index (χ0v) is 12.3. The minimum Gasteiger partial charge on any atom is -0.394 e. The molecule has 1 amide bonds. The monoisotopic (exact) mass is 304 g/mol. The largest absolute Gasteiger partial charge is 0.394 e. The van der Waals surface area contributed by atoms with Gasteiger partial charge in [0.05, 0.1) is 13.2 Å². The van der Waals surface area contributed by atoms with Crippen LogP contribution >= 0.6 is 0 Å². The number of nitrogens with one attached hydrogen (secondary N) is 2. The number of ether oxygens (including phenoxy) is 2. The van der Waals surface area contributed by atoms with E-state index in [0.717, 1.165) is 5.70 Å². The van der Waals surface area contributed by atoms with E-state index in [1.807, 2.05) is 0 Å². The van der Waals surface area contributed by atoms with Gasteiger partial charge in [0, 0.05) is 19.2 Å². The number of hydrogen-bond donors (Lipinski definition) is 5. The number of allylic oxidation sites excluding steroid dienone is 1. The van der Waals surface area contributed by atoms with E-state index in [0.29, 0.717) is 6.54 Å². The van der Waals surface area contributed by atoms with Gasteiger partial charge in [-0.25, -0.2) is 0 Å². The zero-order chi connectivity index (χ0) is 16.0. The Morgan fingerprint density at radius 2 is 2.00 bits per heavy atom. The third-order valence-electron chi connectivity index (χ3n) is 3.06. The van der Waals surface area contributed by atoms with Crippen LogP contribution in [0.3, 0.4) is 0 Å². The van der Waals surface area contributed by atoms with Gasteiger partial charge in [0.25, 0.3) is 0 Å². The molecule has 122 valence electrons. The van der Waals surface area contributed by atoms with Crippen molar-refractivity contribution in [3.63, 3.8) is 0 Å². The van der Waals surface area contributed by atoms with Crippen LogP contribution < -0.4 is 10.6 Å². The van der Waals surface area contributed by atoms with E-state index in [-0.39, 0.29) is 12.5 Å². The van der Waals surface area contributed by atoms with Crippen LogP contribution in [0, 0.1) is 0 Å². The van der Waals surface area contributed by atoms with Crippen molar-refractivity contribution in [1.82, 2.24) is 10.6 Å². The highest BCUT2D eigenvalue weighted by Gasteiger charge is 2.45. The van der Waals surface area contributed by atoms with E-state index < -0.39 is 37.3 Å².